The molecule has 0 spiro atoms. The van der Waals surface area contributed by atoms with E-state index in [0.29, 0.717) is 12.1 Å². The van der Waals surface area contributed by atoms with Gasteiger partial charge in [0.15, 0.2) is 5.78 Å². The number of aryl methyl sites for hydroxylation is 1. The molecule has 0 amide bonds. The van der Waals surface area contributed by atoms with Crippen molar-refractivity contribution < 1.29 is 4.79 Å². The highest BCUT2D eigenvalue weighted by atomic mass is 16.1. The number of aromatic nitrogens is 1. The molecule has 0 fully saturated rings. The van der Waals surface area contributed by atoms with E-state index in [0.717, 1.165) is 31.4 Å². The molecule has 0 aliphatic heterocycles. The Bertz CT molecular complexity index is 485. The van der Waals surface area contributed by atoms with Crippen molar-refractivity contribution in [2.45, 2.75) is 46.1 Å². The third-order valence-corrected chi connectivity index (χ3v) is 3.30. The van der Waals surface area contributed by atoms with Crippen LogP contribution in [0.4, 0.5) is 0 Å². The van der Waals surface area contributed by atoms with Crippen LogP contribution in [0.3, 0.4) is 0 Å². The van der Waals surface area contributed by atoms with Crippen LogP contribution in [0.2, 0.25) is 0 Å². The van der Waals surface area contributed by atoms with Gasteiger partial charge in [-0.2, -0.15) is 0 Å². The average molecular weight is 219 g/mol. The van der Waals surface area contributed by atoms with Crippen molar-refractivity contribution >= 4 is 5.78 Å². The third kappa shape index (κ3) is 1.70. The maximum atomic E-state index is 12.1. The summed E-state index contributed by atoms with van der Waals surface area (Å²) < 4.78 is 1.77. The van der Waals surface area contributed by atoms with Crippen molar-refractivity contribution in [2.24, 2.45) is 0 Å². The van der Waals surface area contributed by atoms with Gasteiger partial charge in [-0.05, 0) is 51.2 Å². The lowest BCUT2D eigenvalue weighted by Crippen LogP contribution is -2.30. The van der Waals surface area contributed by atoms with E-state index in [1.807, 2.05) is 13.0 Å². The Balaban J connectivity index is 2.69. The Labute approximate surface area is 95.1 Å². The van der Waals surface area contributed by atoms with Crippen LogP contribution in [-0.2, 0) is 19.4 Å². The number of hydrogen-bond donors (Lipinski definition) is 0. The number of rotatable bonds is 2. The van der Waals surface area contributed by atoms with Crippen molar-refractivity contribution in [2.75, 3.05) is 0 Å². The number of carbonyl (C=O) groups excluding carboxylic acids is 1. The van der Waals surface area contributed by atoms with Crippen molar-refractivity contribution in [1.29, 1.82) is 0 Å². The molecular weight excluding hydrogens is 202 g/mol. The van der Waals surface area contributed by atoms with Gasteiger partial charge in [-0.3, -0.25) is 9.59 Å². The van der Waals surface area contributed by atoms with Gasteiger partial charge in [-0.1, -0.05) is 0 Å². The van der Waals surface area contributed by atoms with Crippen LogP contribution >= 0.6 is 0 Å². The number of ketones is 1. The molecule has 16 heavy (non-hydrogen) atoms. The van der Waals surface area contributed by atoms with Crippen LogP contribution in [0, 0.1) is 0 Å². The first kappa shape index (κ1) is 11.1. The number of hydrogen-bond acceptors (Lipinski definition) is 2. The minimum Gasteiger partial charge on any atom is -0.312 e. The molecule has 0 atom stereocenters. The zero-order valence-electron chi connectivity index (χ0n) is 9.88. The van der Waals surface area contributed by atoms with Crippen molar-refractivity contribution in [3.63, 3.8) is 0 Å². The van der Waals surface area contributed by atoms with Gasteiger partial charge in [0, 0.05) is 12.2 Å². The molecule has 0 unspecified atom stereocenters. The predicted molar refractivity (Wildman–Crippen MR) is 63.0 cm³/mol. The summed E-state index contributed by atoms with van der Waals surface area (Å²) in [4.78, 5) is 23.5. The van der Waals surface area contributed by atoms with E-state index in [4.69, 9.17) is 0 Å². The Morgan fingerprint density at radius 1 is 1.38 bits per heavy atom. The molecule has 1 aromatic heterocycles. The lowest BCUT2D eigenvalue weighted by molar-refractivity contribution is 0.101. The second kappa shape index (κ2) is 4.24. The van der Waals surface area contributed by atoms with Crippen LogP contribution in [0.1, 0.15) is 48.3 Å². The van der Waals surface area contributed by atoms with E-state index in [9.17, 15) is 9.59 Å². The molecular formula is C13H17NO2. The number of carbonyl (C=O) groups is 1. The second-order valence-electron chi connectivity index (χ2n) is 4.34. The van der Waals surface area contributed by atoms with E-state index < -0.39 is 0 Å². The Morgan fingerprint density at radius 2 is 2.06 bits per heavy atom. The third-order valence-electron chi connectivity index (χ3n) is 3.30. The molecule has 3 nitrogen and oxygen atoms in total. The molecule has 0 N–H and O–H groups in total. The summed E-state index contributed by atoms with van der Waals surface area (Å²) in [5, 5.41) is 0. The summed E-state index contributed by atoms with van der Waals surface area (Å²) in [6.45, 7) is 4.08. The summed E-state index contributed by atoms with van der Waals surface area (Å²) in [7, 11) is 0. The van der Waals surface area contributed by atoms with E-state index >= 15 is 0 Å². The Hall–Kier alpha value is -1.38. The molecule has 0 saturated carbocycles. The normalized spacial score (nSPS) is 14.6. The van der Waals surface area contributed by atoms with Crippen molar-refractivity contribution in [3.8, 4) is 0 Å². The molecule has 86 valence electrons. The smallest absolute Gasteiger partial charge is 0.261 e. The van der Waals surface area contributed by atoms with Gasteiger partial charge in [0.2, 0.25) is 0 Å². The monoisotopic (exact) mass is 219 g/mol. The Kier molecular flexibility index (Phi) is 2.95. The quantitative estimate of drug-likeness (QED) is 0.713. The van der Waals surface area contributed by atoms with Crippen LogP contribution in [-0.4, -0.2) is 10.4 Å². The summed E-state index contributed by atoms with van der Waals surface area (Å²) in [6, 6.07) is 1.81. The molecule has 1 aliphatic rings. The van der Waals surface area contributed by atoms with Crippen LogP contribution < -0.4 is 5.56 Å². The molecule has 2 rings (SSSR count). The number of Topliss-reactive ketones (excluding diaryl/α,β-unsaturated/α-hetero) is 1. The second-order valence-corrected chi connectivity index (χ2v) is 4.34. The van der Waals surface area contributed by atoms with E-state index in [1.165, 1.54) is 12.5 Å². The summed E-state index contributed by atoms with van der Waals surface area (Å²) in [5.41, 5.74) is 2.57. The largest absolute Gasteiger partial charge is 0.312 e. The lowest BCUT2D eigenvalue weighted by atomic mass is 9.94. The van der Waals surface area contributed by atoms with Gasteiger partial charge in [-0.15, -0.1) is 0 Å². The highest BCUT2D eigenvalue weighted by Crippen LogP contribution is 2.20. The topological polar surface area (TPSA) is 39.1 Å². The van der Waals surface area contributed by atoms with Crippen molar-refractivity contribution in [3.05, 3.63) is 33.2 Å². The van der Waals surface area contributed by atoms with Gasteiger partial charge in [0.05, 0.1) is 5.56 Å². The standard InChI is InChI=1S/C13H17NO2/c1-3-14-12-7-5-4-6-10(12)8-11(9(2)15)13(14)16/h8H,3-7H2,1-2H3. The fourth-order valence-corrected chi connectivity index (χ4v) is 2.47. The first-order valence-electron chi connectivity index (χ1n) is 5.91. The van der Waals surface area contributed by atoms with Gasteiger partial charge >= 0.3 is 0 Å². The van der Waals surface area contributed by atoms with E-state index in [-0.39, 0.29) is 11.3 Å². The van der Waals surface area contributed by atoms with Crippen LogP contribution in [0.15, 0.2) is 10.9 Å². The SMILES string of the molecule is CCn1c2c(cc(C(C)=O)c1=O)CCCC2. The van der Waals surface area contributed by atoms with Gasteiger partial charge in [-0.25, -0.2) is 0 Å². The maximum Gasteiger partial charge on any atom is 0.261 e. The number of nitrogens with zero attached hydrogens (tertiary/aromatic N) is 1. The molecule has 1 aromatic rings. The minimum absolute atomic E-state index is 0.115. The molecule has 3 heteroatoms. The van der Waals surface area contributed by atoms with E-state index in [2.05, 4.69) is 0 Å². The lowest BCUT2D eigenvalue weighted by Gasteiger charge is -2.21. The highest BCUT2D eigenvalue weighted by Gasteiger charge is 2.18. The Morgan fingerprint density at radius 3 is 2.69 bits per heavy atom. The van der Waals surface area contributed by atoms with Crippen molar-refractivity contribution in [1.82, 2.24) is 4.57 Å². The molecule has 1 heterocycles. The molecule has 0 bridgehead atoms. The highest BCUT2D eigenvalue weighted by molar-refractivity contribution is 5.93. The fraction of sp³-hybridized carbons (Fsp3) is 0.538. The maximum absolute atomic E-state index is 12.1. The fourth-order valence-electron chi connectivity index (χ4n) is 2.47. The van der Waals surface area contributed by atoms with E-state index in [1.54, 1.807) is 4.57 Å². The molecule has 1 aliphatic carbocycles. The zero-order chi connectivity index (χ0) is 11.7. The minimum atomic E-state index is -0.124. The van der Waals surface area contributed by atoms with Gasteiger partial charge in [0.1, 0.15) is 0 Å². The summed E-state index contributed by atoms with van der Waals surface area (Å²) in [5.74, 6) is -0.124. The molecule has 0 saturated heterocycles. The first-order chi connectivity index (χ1) is 7.65. The predicted octanol–water partition coefficient (Wildman–Crippen LogP) is 1.95. The zero-order valence-corrected chi connectivity index (χ0v) is 9.88. The van der Waals surface area contributed by atoms with Gasteiger partial charge < -0.3 is 4.57 Å². The average Bonchev–Trinajstić information content (AvgIpc) is 2.28. The first-order valence-corrected chi connectivity index (χ1v) is 5.91. The summed E-state index contributed by atoms with van der Waals surface area (Å²) >= 11 is 0. The summed E-state index contributed by atoms with van der Waals surface area (Å²) in [6.07, 6.45) is 4.27. The van der Waals surface area contributed by atoms with Crippen LogP contribution in [0.25, 0.3) is 0 Å². The molecule has 0 radical (unpaired) electrons. The van der Waals surface area contributed by atoms with Crippen LogP contribution in [0.5, 0.6) is 0 Å². The number of pyridine rings is 1. The van der Waals surface area contributed by atoms with Gasteiger partial charge in [0.25, 0.3) is 5.56 Å². The number of fused-ring (bicyclic) bond motifs is 1. The molecule has 0 aromatic carbocycles.